The van der Waals surface area contributed by atoms with Crippen LogP contribution in [-0.2, 0) is 11.3 Å². The molecule has 25 heavy (non-hydrogen) atoms. The Balaban J connectivity index is 1.49. The van der Waals surface area contributed by atoms with Gasteiger partial charge in [-0.15, -0.1) is 0 Å². The van der Waals surface area contributed by atoms with E-state index in [4.69, 9.17) is 0 Å². The average molecular weight is 340 g/mol. The van der Waals surface area contributed by atoms with Crippen molar-refractivity contribution < 1.29 is 4.79 Å². The minimum Gasteiger partial charge on any atom is -0.348 e. The van der Waals surface area contributed by atoms with Gasteiger partial charge in [0.1, 0.15) is 0 Å². The Hall–Kier alpha value is -2.14. The summed E-state index contributed by atoms with van der Waals surface area (Å²) in [6.45, 7) is 7.27. The standard InChI is InChI=1S/C20H28N4O/c1-14-4-6-17(7-5-14)20(18-8-9-18)23-19(25)11-21-16(3)13-24-12-15(2)10-22-24/h4-7,10,12,16,18,20-21H,8-9,11,13H2,1-3H3,(H,23,25)/t16-,20-/m0/s1. The topological polar surface area (TPSA) is 59.0 Å². The van der Waals surface area contributed by atoms with Crippen LogP contribution in [0.15, 0.2) is 36.7 Å². The van der Waals surface area contributed by atoms with Gasteiger partial charge < -0.3 is 10.6 Å². The summed E-state index contributed by atoms with van der Waals surface area (Å²) in [6.07, 6.45) is 6.25. The summed E-state index contributed by atoms with van der Waals surface area (Å²) in [7, 11) is 0. The smallest absolute Gasteiger partial charge is 0.234 e. The van der Waals surface area contributed by atoms with Crippen LogP contribution in [0.5, 0.6) is 0 Å². The molecule has 134 valence electrons. The second kappa shape index (κ2) is 7.83. The summed E-state index contributed by atoms with van der Waals surface area (Å²) in [5, 5.41) is 10.8. The lowest BCUT2D eigenvalue weighted by Gasteiger charge is -2.20. The number of rotatable bonds is 8. The second-order valence-electron chi connectivity index (χ2n) is 7.31. The quantitative estimate of drug-likeness (QED) is 0.777. The van der Waals surface area contributed by atoms with Crippen LogP contribution < -0.4 is 10.6 Å². The summed E-state index contributed by atoms with van der Waals surface area (Å²) in [5.74, 6) is 0.636. The Labute approximate surface area is 149 Å². The molecule has 0 spiro atoms. The van der Waals surface area contributed by atoms with E-state index in [0.29, 0.717) is 12.5 Å². The van der Waals surface area contributed by atoms with E-state index in [-0.39, 0.29) is 18.0 Å². The van der Waals surface area contributed by atoms with Crippen molar-refractivity contribution in [1.82, 2.24) is 20.4 Å². The van der Waals surface area contributed by atoms with E-state index in [1.54, 1.807) is 0 Å². The average Bonchev–Trinajstić information content (AvgIpc) is 3.34. The number of nitrogens with zero attached hydrogens (tertiary/aromatic N) is 2. The molecule has 1 saturated carbocycles. The fourth-order valence-electron chi connectivity index (χ4n) is 3.08. The Bertz CT molecular complexity index is 703. The van der Waals surface area contributed by atoms with E-state index in [1.165, 1.54) is 24.0 Å². The van der Waals surface area contributed by atoms with Crippen molar-refractivity contribution in [3.63, 3.8) is 0 Å². The molecule has 1 heterocycles. The van der Waals surface area contributed by atoms with Gasteiger partial charge in [0.05, 0.1) is 25.3 Å². The number of amides is 1. The minimum atomic E-state index is 0.0565. The molecule has 1 aromatic heterocycles. The maximum absolute atomic E-state index is 12.4. The number of aryl methyl sites for hydroxylation is 2. The third kappa shape index (κ3) is 5.16. The molecule has 0 unspecified atom stereocenters. The fraction of sp³-hybridized carbons (Fsp3) is 0.500. The van der Waals surface area contributed by atoms with Crippen molar-refractivity contribution in [1.29, 1.82) is 0 Å². The number of hydrogen-bond acceptors (Lipinski definition) is 3. The summed E-state index contributed by atoms with van der Waals surface area (Å²) < 4.78 is 1.91. The van der Waals surface area contributed by atoms with Crippen LogP contribution in [0.2, 0.25) is 0 Å². The fourth-order valence-corrected chi connectivity index (χ4v) is 3.08. The van der Waals surface area contributed by atoms with Crippen LogP contribution in [0.1, 0.15) is 42.5 Å². The first kappa shape index (κ1) is 17.7. The molecule has 1 aliphatic rings. The zero-order chi connectivity index (χ0) is 17.8. The zero-order valence-electron chi connectivity index (χ0n) is 15.3. The molecule has 1 aliphatic carbocycles. The first-order valence-corrected chi connectivity index (χ1v) is 9.09. The second-order valence-corrected chi connectivity index (χ2v) is 7.31. The molecule has 0 saturated heterocycles. The summed E-state index contributed by atoms with van der Waals surface area (Å²) >= 11 is 0. The van der Waals surface area contributed by atoms with Crippen molar-refractivity contribution in [3.8, 4) is 0 Å². The molecule has 2 N–H and O–H groups in total. The van der Waals surface area contributed by atoms with Crippen LogP contribution in [0, 0.1) is 19.8 Å². The van der Waals surface area contributed by atoms with E-state index in [2.05, 4.69) is 53.8 Å². The molecule has 2 aromatic rings. The van der Waals surface area contributed by atoms with Crippen molar-refractivity contribution in [2.45, 2.75) is 52.2 Å². The number of aromatic nitrogens is 2. The number of nitrogens with one attached hydrogen (secondary N) is 2. The summed E-state index contributed by atoms with van der Waals surface area (Å²) in [5.41, 5.74) is 3.60. The Morgan fingerprint density at radius 2 is 1.96 bits per heavy atom. The van der Waals surface area contributed by atoms with Crippen molar-refractivity contribution >= 4 is 5.91 Å². The molecule has 3 rings (SSSR count). The molecular formula is C20H28N4O. The van der Waals surface area contributed by atoms with Gasteiger partial charge >= 0.3 is 0 Å². The third-order valence-electron chi connectivity index (χ3n) is 4.68. The highest BCUT2D eigenvalue weighted by atomic mass is 16.2. The molecule has 0 bridgehead atoms. The summed E-state index contributed by atoms with van der Waals surface area (Å²) in [6, 6.07) is 8.82. The molecule has 1 aromatic carbocycles. The number of hydrogen-bond donors (Lipinski definition) is 2. The Morgan fingerprint density at radius 3 is 2.56 bits per heavy atom. The molecular weight excluding hydrogens is 312 g/mol. The molecule has 2 atom stereocenters. The van der Waals surface area contributed by atoms with Crippen LogP contribution in [0.4, 0.5) is 0 Å². The number of benzene rings is 1. The van der Waals surface area contributed by atoms with Gasteiger partial charge in [-0.3, -0.25) is 9.48 Å². The molecule has 1 fully saturated rings. The van der Waals surface area contributed by atoms with E-state index < -0.39 is 0 Å². The van der Waals surface area contributed by atoms with Gasteiger partial charge in [0.2, 0.25) is 5.91 Å². The van der Waals surface area contributed by atoms with E-state index in [1.807, 2.05) is 24.0 Å². The van der Waals surface area contributed by atoms with E-state index >= 15 is 0 Å². The van der Waals surface area contributed by atoms with Crippen LogP contribution in [0.25, 0.3) is 0 Å². The van der Waals surface area contributed by atoms with Crippen molar-refractivity contribution in [3.05, 3.63) is 53.3 Å². The predicted molar refractivity (Wildman–Crippen MR) is 99.2 cm³/mol. The molecule has 0 aliphatic heterocycles. The van der Waals surface area contributed by atoms with Gasteiger partial charge in [0.15, 0.2) is 0 Å². The van der Waals surface area contributed by atoms with Gasteiger partial charge in [0, 0.05) is 12.2 Å². The molecule has 1 amide bonds. The highest BCUT2D eigenvalue weighted by Crippen LogP contribution is 2.40. The van der Waals surface area contributed by atoms with Crippen LogP contribution >= 0.6 is 0 Å². The normalized spacial score (nSPS) is 16.4. The number of carbonyl (C=O) groups excluding carboxylic acids is 1. The lowest BCUT2D eigenvalue weighted by atomic mass is 10.0. The van der Waals surface area contributed by atoms with Gasteiger partial charge in [-0.2, -0.15) is 5.10 Å². The largest absolute Gasteiger partial charge is 0.348 e. The van der Waals surface area contributed by atoms with Crippen molar-refractivity contribution in [2.75, 3.05) is 6.54 Å². The third-order valence-corrected chi connectivity index (χ3v) is 4.68. The molecule has 5 nitrogen and oxygen atoms in total. The first-order valence-electron chi connectivity index (χ1n) is 9.09. The Morgan fingerprint density at radius 1 is 1.24 bits per heavy atom. The van der Waals surface area contributed by atoms with Gasteiger partial charge in [-0.1, -0.05) is 29.8 Å². The maximum Gasteiger partial charge on any atom is 0.234 e. The SMILES string of the molecule is Cc1ccc([C@H](NC(=O)CN[C@@H](C)Cn2cc(C)cn2)C2CC2)cc1. The van der Waals surface area contributed by atoms with E-state index in [9.17, 15) is 4.79 Å². The van der Waals surface area contributed by atoms with E-state index in [0.717, 1.165) is 12.1 Å². The number of carbonyl (C=O) groups is 1. The van der Waals surface area contributed by atoms with Crippen molar-refractivity contribution in [2.24, 2.45) is 5.92 Å². The zero-order valence-corrected chi connectivity index (χ0v) is 15.3. The lowest BCUT2D eigenvalue weighted by molar-refractivity contribution is -0.121. The summed E-state index contributed by atoms with van der Waals surface area (Å²) in [4.78, 5) is 12.4. The molecule has 5 heteroatoms. The maximum atomic E-state index is 12.4. The lowest BCUT2D eigenvalue weighted by Crippen LogP contribution is -2.41. The minimum absolute atomic E-state index is 0.0565. The van der Waals surface area contributed by atoms with Gasteiger partial charge in [-0.05, 0) is 50.7 Å². The first-order chi connectivity index (χ1) is 12.0. The predicted octanol–water partition coefficient (Wildman–Crippen LogP) is 2.75. The van der Waals surface area contributed by atoms with Crippen LogP contribution in [0.3, 0.4) is 0 Å². The van der Waals surface area contributed by atoms with Crippen LogP contribution in [-0.4, -0.2) is 28.3 Å². The molecule has 0 radical (unpaired) electrons. The highest BCUT2D eigenvalue weighted by molar-refractivity contribution is 5.78. The Kier molecular flexibility index (Phi) is 5.53. The van der Waals surface area contributed by atoms with Gasteiger partial charge in [-0.25, -0.2) is 0 Å². The highest BCUT2D eigenvalue weighted by Gasteiger charge is 2.33. The van der Waals surface area contributed by atoms with Gasteiger partial charge in [0.25, 0.3) is 0 Å². The monoisotopic (exact) mass is 340 g/mol.